The van der Waals surface area contributed by atoms with Crippen molar-refractivity contribution in [3.63, 3.8) is 0 Å². The second-order valence-electron chi connectivity index (χ2n) is 2.52. The Kier molecular flexibility index (Phi) is 1.76. The van der Waals surface area contributed by atoms with Gasteiger partial charge in [-0.25, -0.2) is 0 Å². The van der Waals surface area contributed by atoms with Gasteiger partial charge in [-0.15, -0.1) is 0 Å². The zero-order valence-corrected chi connectivity index (χ0v) is 5.92. The van der Waals surface area contributed by atoms with Crippen LogP contribution in [0.2, 0.25) is 0 Å². The summed E-state index contributed by atoms with van der Waals surface area (Å²) in [5.74, 6) is 1.47. The highest BCUT2D eigenvalue weighted by Gasteiger charge is 2.19. The molecule has 0 amide bonds. The highest BCUT2D eigenvalue weighted by atomic mass is 16.5. The standard InChI is InChI=1S/C7H13NO/c1-5-3-7(4-8)9-6(5)2/h3,5-6H,4,8H2,1-2H3. The molecule has 1 heterocycles. The molecule has 9 heavy (non-hydrogen) atoms. The number of nitrogens with two attached hydrogens (primary N) is 1. The van der Waals surface area contributed by atoms with Gasteiger partial charge in [0.1, 0.15) is 11.9 Å². The van der Waals surface area contributed by atoms with Crippen LogP contribution in [-0.4, -0.2) is 12.6 Å². The van der Waals surface area contributed by atoms with Crippen molar-refractivity contribution in [3.8, 4) is 0 Å². The van der Waals surface area contributed by atoms with E-state index in [1.165, 1.54) is 0 Å². The topological polar surface area (TPSA) is 35.2 Å². The summed E-state index contributed by atoms with van der Waals surface area (Å²) in [6.45, 7) is 4.73. The molecule has 52 valence electrons. The van der Waals surface area contributed by atoms with Gasteiger partial charge in [0.05, 0.1) is 6.54 Å². The Morgan fingerprint density at radius 1 is 1.67 bits per heavy atom. The maximum atomic E-state index is 5.36. The molecule has 0 aromatic heterocycles. The molecule has 1 aliphatic heterocycles. The van der Waals surface area contributed by atoms with E-state index in [0.29, 0.717) is 18.6 Å². The molecule has 0 fully saturated rings. The molecule has 2 N–H and O–H groups in total. The second kappa shape index (κ2) is 2.40. The maximum absolute atomic E-state index is 5.36. The predicted octanol–water partition coefficient (Wildman–Crippen LogP) is 0.884. The molecular weight excluding hydrogens is 114 g/mol. The Hall–Kier alpha value is -0.500. The van der Waals surface area contributed by atoms with E-state index >= 15 is 0 Å². The van der Waals surface area contributed by atoms with Crippen LogP contribution >= 0.6 is 0 Å². The first kappa shape index (κ1) is 6.62. The molecule has 2 unspecified atom stereocenters. The van der Waals surface area contributed by atoms with E-state index in [9.17, 15) is 0 Å². The van der Waals surface area contributed by atoms with Crippen LogP contribution in [0.4, 0.5) is 0 Å². The smallest absolute Gasteiger partial charge is 0.106 e. The molecule has 0 aromatic carbocycles. The summed E-state index contributed by atoms with van der Waals surface area (Å²) in [4.78, 5) is 0. The lowest BCUT2D eigenvalue weighted by atomic mass is 10.1. The minimum Gasteiger partial charge on any atom is -0.493 e. The van der Waals surface area contributed by atoms with Crippen LogP contribution in [0.3, 0.4) is 0 Å². The van der Waals surface area contributed by atoms with E-state index in [1.807, 2.05) is 0 Å². The summed E-state index contributed by atoms with van der Waals surface area (Å²) in [5.41, 5.74) is 5.36. The first-order valence-electron chi connectivity index (χ1n) is 3.31. The van der Waals surface area contributed by atoms with Crippen LogP contribution in [0, 0.1) is 5.92 Å². The predicted molar refractivity (Wildman–Crippen MR) is 36.8 cm³/mol. The Balaban J connectivity index is 2.52. The highest BCUT2D eigenvalue weighted by molar-refractivity contribution is 5.05. The normalized spacial score (nSPS) is 33.9. The summed E-state index contributed by atoms with van der Waals surface area (Å²) in [6, 6.07) is 0. The van der Waals surface area contributed by atoms with Crippen LogP contribution in [0.25, 0.3) is 0 Å². The zero-order chi connectivity index (χ0) is 6.85. The van der Waals surface area contributed by atoms with Gasteiger partial charge < -0.3 is 10.5 Å². The fraction of sp³-hybridized carbons (Fsp3) is 0.714. The van der Waals surface area contributed by atoms with Crippen LogP contribution in [0.15, 0.2) is 11.8 Å². The molecule has 1 aliphatic rings. The molecular formula is C7H13NO. The molecule has 2 heteroatoms. The van der Waals surface area contributed by atoms with E-state index in [0.717, 1.165) is 5.76 Å². The number of hydrogen-bond acceptors (Lipinski definition) is 2. The lowest BCUT2D eigenvalue weighted by Crippen LogP contribution is -2.10. The van der Waals surface area contributed by atoms with E-state index in [4.69, 9.17) is 10.5 Å². The van der Waals surface area contributed by atoms with E-state index < -0.39 is 0 Å². The van der Waals surface area contributed by atoms with Gasteiger partial charge in [0.2, 0.25) is 0 Å². The van der Waals surface area contributed by atoms with Crippen molar-refractivity contribution in [2.45, 2.75) is 20.0 Å². The Morgan fingerprint density at radius 2 is 2.33 bits per heavy atom. The second-order valence-corrected chi connectivity index (χ2v) is 2.52. The zero-order valence-electron chi connectivity index (χ0n) is 5.92. The van der Waals surface area contributed by atoms with Crippen molar-refractivity contribution < 1.29 is 4.74 Å². The quantitative estimate of drug-likeness (QED) is 0.567. The molecule has 1 rings (SSSR count). The molecule has 0 saturated carbocycles. The Bertz CT molecular complexity index is 131. The van der Waals surface area contributed by atoms with E-state index in [-0.39, 0.29) is 0 Å². The van der Waals surface area contributed by atoms with Crippen molar-refractivity contribution in [2.75, 3.05) is 6.54 Å². The maximum Gasteiger partial charge on any atom is 0.106 e. The molecule has 0 radical (unpaired) electrons. The highest BCUT2D eigenvalue weighted by Crippen LogP contribution is 2.21. The average molecular weight is 127 g/mol. The van der Waals surface area contributed by atoms with Gasteiger partial charge in [-0.2, -0.15) is 0 Å². The summed E-state index contributed by atoms with van der Waals surface area (Å²) in [6.07, 6.45) is 2.41. The van der Waals surface area contributed by atoms with Crippen LogP contribution in [0.1, 0.15) is 13.8 Å². The molecule has 2 nitrogen and oxygen atoms in total. The van der Waals surface area contributed by atoms with Crippen LogP contribution in [0.5, 0.6) is 0 Å². The lowest BCUT2D eigenvalue weighted by molar-refractivity contribution is 0.133. The van der Waals surface area contributed by atoms with Gasteiger partial charge in [0.25, 0.3) is 0 Å². The Labute approximate surface area is 55.7 Å². The van der Waals surface area contributed by atoms with Crippen molar-refractivity contribution in [2.24, 2.45) is 11.7 Å². The van der Waals surface area contributed by atoms with Crippen molar-refractivity contribution in [1.82, 2.24) is 0 Å². The van der Waals surface area contributed by atoms with Crippen molar-refractivity contribution in [3.05, 3.63) is 11.8 Å². The molecule has 0 saturated heterocycles. The summed E-state index contributed by atoms with van der Waals surface area (Å²) in [5, 5.41) is 0. The average Bonchev–Trinajstić information content (AvgIpc) is 2.13. The first-order chi connectivity index (χ1) is 4.24. The third kappa shape index (κ3) is 1.24. The van der Waals surface area contributed by atoms with E-state index in [2.05, 4.69) is 19.9 Å². The summed E-state index contributed by atoms with van der Waals surface area (Å²) < 4.78 is 5.36. The Morgan fingerprint density at radius 3 is 2.56 bits per heavy atom. The third-order valence-corrected chi connectivity index (χ3v) is 1.73. The molecule has 0 bridgehead atoms. The van der Waals surface area contributed by atoms with Gasteiger partial charge in [0.15, 0.2) is 0 Å². The van der Waals surface area contributed by atoms with Gasteiger partial charge in [-0.05, 0) is 13.0 Å². The van der Waals surface area contributed by atoms with Gasteiger partial charge >= 0.3 is 0 Å². The molecule has 0 aromatic rings. The minimum atomic E-state index is 0.323. The molecule has 2 atom stereocenters. The molecule has 0 aliphatic carbocycles. The monoisotopic (exact) mass is 127 g/mol. The third-order valence-electron chi connectivity index (χ3n) is 1.73. The van der Waals surface area contributed by atoms with Crippen LogP contribution < -0.4 is 5.73 Å². The summed E-state index contributed by atoms with van der Waals surface area (Å²) >= 11 is 0. The minimum absolute atomic E-state index is 0.323. The SMILES string of the molecule is CC1C=C(CN)OC1C. The first-order valence-corrected chi connectivity index (χ1v) is 3.31. The number of rotatable bonds is 1. The van der Waals surface area contributed by atoms with Crippen molar-refractivity contribution in [1.29, 1.82) is 0 Å². The van der Waals surface area contributed by atoms with Crippen LogP contribution in [-0.2, 0) is 4.74 Å². The van der Waals surface area contributed by atoms with Gasteiger partial charge in [-0.3, -0.25) is 0 Å². The number of ether oxygens (including phenoxy) is 1. The lowest BCUT2D eigenvalue weighted by Gasteiger charge is -2.08. The summed E-state index contributed by atoms with van der Waals surface area (Å²) in [7, 11) is 0. The number of hydrogen-bond donors (Lipinski definition) is 1. The van der Waals surface area contributed by atoms with Crippen molar-refractivity contribution >= 4 is 0 Å². The molecule has 0 spiro atoms. The largest absolute Gasteiger partial charge is 0.493 e. The van der Waals surface area contributed by atoms with E-state index in [1.54, 1.807) is 0 Å². The van der Waals surface area contributed by atoms with Gasteiger partial charge in [-0.1, -0.05) is 6.92 Å². The fourth-order valence-corrected chi connectivity index (χ4v) is 0.930. The fourth-order valence-electron chi connectivity index (χ4n) is 0.930. The van der Waals surface area contributed by atoms with Gasteiger partial charge in [0, 0.05) is 5.92 Å².